The Kier molecular flexibility index (Phi) is 3.21. The number of piperazine rings is 1. The number of likely N-dealkylation sites (N-methyl/N-ethyl adjacent to an activating group) is 1. The zero-order valence-corrected chi connectivity index (χ0v) is 12.6. The van der Waals surface area contributed by atoms with Gasteiger partial charge < -0.3 is 9.80 Å². The number of nitrogens with zero attached hydrogens (tertiary/aromatic N) is 3. The van der Waals surface area contributed by atoms with E-state index in [1.165, 1.54) is 12.8 Å². The van der Waals surface area contributed by atoms with Crippen LogP contribution in [0.4, 0.5) is 5.82 Å². The summed E-state index contributed by atoms with van der Waals surface area (Å²) in [5.41, 5.74) is 0. The molecule has 1 unspecified atom stereocenters. The molecule has 2 fully saturated rings. The molecule has 92 valence electrons. The number of anilines is 1. The summed E-state index contributed by atoms with van der Waals surface area (Å²) in [4.78, 5) is 9.43. The third-order valence-electron chi connectivity index (χ3n) is 3.72. The Morgan fingerprint density at radius 1 is 1.35 bits per heavy atom. The summed E-state index contributed by atoms with van der Waals surface area (Å²) < 4.78 is 1.09. The van der Waals surface area contributed by atoms with Crippen molar-refractivity contribution in [3.05, 3.63) is 20.9 Å². The lowest BCUT2D eigenvalue weighted by atomic mass is 10.2. The van der Waals surface area contributed by atoms with Crippen LogP contribution in [0.3, 0.4) is 0 Å². The first-order chi connectivity index (χ1) is 8.15. The highest BCUT2D eigenvalue weighted by atomic mass is 127. The fraction of sp³-hybridized carbons (Fsp3) is 0.583. The van der Waals surface area contributed by atoms with Crippen molar-refractivity contribution in [2.24, 2.45) is 0 Å². The predicted octanol–water partition coefficient (Wildman–Crippen LogP) is 2.62. The van der Waals surface area contributed by atoms with Crippen LogP contribution in [0.5, 0.6) is 0 Å². The second-order valence-electron chi connectivity index (χ2n) is 4.97. The molecule has 0 N–H and O–H groups in total. The summed E-state index contributed by atoms with van der Waals surface area (Å²) in [6.07, 6.45) is 4.35. The summed E-state index contributed by atoms with van der Waals surface area (Å²) in [7, 11) is 2.21. The summed E-state index contributed by atoms with van der Waals surface area (Å²) in [6, 6.07) is 3.37. The van der Waals surface area contributed by atoms with E-state index in [1.807, 2.05) is 0 Å². The molecular formula is C12H15ClIN3. The molecule has 5 heteroatoms. The average molecular weight is 364 g/mol. The lowest BCUT2D eigenvalue weighted by Gasteiger charge is -2.40. The molecule has 3 nitrogen and oxygen atoms in total. The van der Waals surface area contributed by atoms with E-state index >= 15 is 0 Å². The van der Waals surface area contributed by atoms with Crippen molar-refractivity contribution < 1.29 is 0 Å². The maximum atomic E-state index is 6.03. The van der Waals surface area contributed by atoms with E-state index in [0.717, 1.165) is 27.5 Å². The van der Waals surface area contributed by atoms with Gasteiger partial charge in [-0.2, -0.15) is 0 Å². The number of likely N-dealkylation sites (tertiary alicyclic amines) is 1. The van der Waals surface area contributed by atoms with Gasteiger partial charge in [0.2, 0.25) is 0 Å². The van der Waals surface area contributed by atoms with Crippen molar-refractivity contribution in [3.8, 4) is 0 Å². The highest BCUT2D eigenvalue weighted by Gasteiger charge is 2.39. The highest BCUT2D eigenvalue weighted by molar-refractivity contribution is 14.1. The van der Waals surface area contributed by atoms with Gasteiger partial charge in [0.05, 0.1) is 5.02 Å². The van der Waals surface area contributed by atoms with Crippen molar-refractivity contribution in [2.45, 2.75) is 24.9 Å². The van der Waals surface area contributed by atoms with Gasteiger partial charge in [0, 0.05) is 34.9 Å². The van der Waals surface area contributed by atoms with Crippen molar-refractivity contribution in [1.29, 1.82) is 0 Å². The normalized spacial score (nSPS) is 28.8. The van der Waals surface area contributed by atoms with Gasteiger partial charge in [0.1, 0.15) is 5.82 Å². The number of halogens is 2. The highest BCUT2D eigenvalue weighted by Crippen LogP contribution is 2.34. The molecule has 2 aliphatic rings. The summed E-state index contributed by atoms with van der Waals surface area (Å²) in [6.45, 7) is 2.30. The van der Waals surface area contributed by atoms with Crippen LogP contribution in [0, 0.1) is 3.57 Å². The van der Waals surface area contributed by atoms with Gasteiger partial charge in [-0.05, 0) is 48.5 Å². The van der Waals surface area contributed by atoms with E-state index in [0.29, 0.717) is 12.1 Å². The van der Waals surface area contributed by atoms with Gasteiger partial charge in [-0.3, -0.25) is 0 Å². The number of hydrogen-bond acceptors (Lipinski definition) is 3. The smallest absolute Gasteiger partial charge is 0.130 e. The van der Waals surface area contributed by atoms with Crippen molar-refractivity contribution in [2.75, 3.05) is 25.0 Å². The monoisotopic (exact) mass is 363 g/mol. The van der Waals surface area contributed by atoms with Crippen LogP contribution in [-0.4, -0.2) is 42.1 Å². The molecule has 1 aromatic heterocycles. The largest absolute Gasteiger partial charge is 0.348 e. The molecular weight excluding hydrogens is 349 g/mol. The fourth-order valence-electron chi connectivity index (χ4n) is 3.03. The van der Waals surface area contributed by atoms with Crippen LogP contribution >= 0.6 is 34.2 Å². The molecule has 0 aliphatic carbocycles. The van der Waals surface area contributed by atoms with Gasteiger partial charge in [-0.15, -0.1) is 0 Å². The Hall–Kier alpha value is -0.0700. The Balaban J connectivity index is 1.92. The van der Waals surface area contributed by atoms with Crippen molar-refractivity contribution in [3.63, 3.8) is 0 Å². The molecule has 2 bridgehead atoms. The lowest BCUT2D eigenvalue weighted by molar-refractivity contribution is 0.264. The van der Waals surface area contributed by atoms with Gasteiger partial charge >= 0.3 is 0 Å². The second kappa shape index (κ2) is 4.55. The molecule has 3 heterocycles. The molecule has 0 radical (unpaired) electrons. The molecule has 3 rings (SSSR count). The maximum absolute atomic E-state index is 6.03. The minimum Gasteiger partial charge on any atom is -0.348 e. The van der Waals surface area contributed by atoms with Crippen LogP contribution in [-0.2, 0) is 0 Å². The fourth-order valence-corrected chi connectivity index (χ4v) is 3.55. The molecule has 2 saturated heterocycles. The first-order valence-electron chi connectivity index (χ1n) is 5.93. The second-order valence-corrected chi connectivity index (χ2v) is 6.54. The molecule has 17 heavy (non-hydrogen) atoms. The first kappa shape index (κ1) is 12.0. The molecule has 0 aromatic carbocycles. The van der Waals surface area contributed by atoms with Crippen molar-refractivity contribution >= 4 is 40.0 Å². The third kappa shape index (κ3) is 2.15. The lowest BCUT2D eigenvalue weighted by Crippen LogP contribution is -2.52. The van der Waals surface area contributed by atoms with E-state index in [2.05, 4.69) is 50.5 Å². The average Bonchev–Trinajstić information content (AvgIpc) is 2.55. The SMILES string of the molecule is CN1CC2CC[C@H](C1)N2c1cc(I)c(Cl)cn1. The van der Waals surface area contributed by atoms with E-state index in [4.69, 9.17) is 11.6 Å². The molecule has 0 spiro atoms. The maximum Gasteiger partial charge on any atom is 0.130 e. The van der Waals surface area contributed by atoms with E-state index in [1.54, 1.807) is 6.20 Å². The molecule has 2 atom stereocenters. The topological polar surface area (TPSA) is 19.4 Å². The van der Waals surface area contributed by atoms with E-state index < -0.39 is 0 Å². The quantitative estimate of drug-likeness (QED) is 0.715. The van der Waals surface area contributed by atoms with Gasteiger partial charge in [0.25, 0.3) is 0 Å². The third-order valence-corrected chi connectivity index (χ3v) is 5.24. The molecule has 0 saturated carbocycles. The minimum atomic E-state index is 0.628. The van der Waals surface area contributed by atoms with Crippen LogP contribution in [0.2, 0.25) is 5.02 Å². The number of hydrogen-bond donors (Lipinski definition) is 0. The summed E-state index contributed by atoms with van der Waals surface area (Å²) in [5.74, 6) is 1.10. The number of aromatic nitrogens is 1. The van der Waals surface area contributed by atoms with Crippen LogP contribution in [0.1, 0.15) is 12.8 Å². The Bertz CT molecular complexity index is 426. The van der Waals surface area contributed by atoms with Gasteiger partial charge in [-0.1, -0.05) is 11.6 Å². The Morgan fingerprint density at radius 2 is 2.00 bits per heavy atom. The van der Waals surface area contributed by atoms with Crippen LogP contribution in [0.15, 0.2) is 12.3 Å². The van der Waals surface area contributed by atoms with Crippen LogP contribution in [0.25, 0.3) is 0 Å². The molecule has 1 aromatic rings. The standard InChI is InChI=1S/C12H15ClIN3/c1-16-6-8-2-3-9(7-16)17(8)12-4-11(14)10(13)5-15-12/h4-5,8-9H,2-3,6-7H2,1H3/t8-,9?/m1/s1. The molecule has 0 amide bonds. The van der Waals surface area contributed by atoms with E-state index in [9.17, 15) is 0 Å². The number of rotatable bonds is 1. The van der Waals surface area contributed by atoms with Crippen LogP contribution < -0.4 is 4.90 Å². The van der Waals surface area contributed by atoms with Crippen molar-refractivity contribution in [1.82, 2.24) is 9.88 Å². The minimum absolute atomic E-state index is 0.628. The number of fused-ring (bicyclic) bond motifs is 2. The number of pyridine rings is 1. The van der Waals surface area contributed by atoms with Gasteiger partial charge in [0.15, 0.2) is 0 Å². The Labute approximate surface area is 120 Å². The zero-order valence-electron chi connectivity index (χ0n) is 9.74. The first-order valence-corrected chi connectivity index (χ1v) is 7.39. The van der Waals surface area contributed by atoms with Gasteiger partial charge in [-0.25, -0.2) is 4.98 Å². The molecule has 2 aliphatic heterocycles. The summed E-state index contributed by atoms with van der Waals surface area (Å²) >= 11 is 8.31. The van der Waals surface area contributed by atoms with E-state index in [-0.39, 0.29) is 0 Å². The predicted molar refractivity (Wildman–Crippen MR) is 78.8 cm³/mol. The zero-order chi connectivity index (χ0) is 12.0. The Morgan fingerprint density at radius 3 is 2.59 bits per heavy atom. The summed E-state index contributed by atoms with van der Waals surface area (Å²) in [5, 5.41) is 0.746.